The van der Waals surface area contributed by atoms with Gasteiger partial charge in [-0.3, -0.25) is 0 Å². The highest BCUT2D eigenvalue weighted by Crippen LogP contribution is 2.31. The van der Waals surface area contributed by atoms with Crippen LogP contribution in [0.5, 0.6) is 0 Å². The van der Waals surface area contributed by atoms with Crippen LogP contribution in [0, 0.1) is 4.91 Å². The zero-order valence-electron chi connectivity index (χ0n) is 13.5. The number of nitrogens with one attached hydrogen (secondary N) is 2. The zero-order valence-corrected chi connectivity index (χ0v) is 13.5. The van der Waals surface area contributed by atoms with Crippen LogP contribution in [0.4, 0.5) is 16.2 Å². The maximum Gasteiger partial charge on any atom is 0.314 e. The molecular formula is C15H25N5O2. The first-order valence-electron chi connectivity index (χ1n) is 7.39. The first kappa shape index (κ1) is 17.9. The summed E-state index contributed by atoms with van der Waals surface area (Å²) in [7, 11) is 3.83. The Morgan fingerprint density at radius 3 is 2.45 bits per heavy atom. The Labute approximate surface area is 131 Å². The number of carbonyl (C=O) groups is 1. The van der Waals surface area contributed by atoms with Gasteiger partial charge in [-0.1, -0.05) is 19.1 Å². The zero-order chi connectivity index (χ0) is 16.5. The number of nitrogens with two attached hydrogens (primary N) is 1. The van der Waals surface area contributed by atoms with Crippen LogP contribution in [-0.4, -0.2) is 38.1 Å². The van der Waals surface area contributed by atoms with Crippen LogP contribution in [0.15, 0.2) is 17.3 Å². The number of carbonyl (C=O) groups excluding carboxylic acids is 1. The molecule has 1 aromatic carbocycles. The Kier molecular flexibility index (Phi) is 7.31. The van der Waals surface area contributed by atoms with Gasteiger partial charge < -0.3 is 21.3 Å². The van der Waals surface area contributed by atoms with Crippen molar-refractivity contribution in [2.45, 2.75) is 26.3 Å². The lowest BCUT2D eigenvalue weighted by Crippen LogP contribution is -2.36. The molecule has 7 nitrogen and oxygen atoms in total. The van der Waals surface area contributed by atoms with Crippen LogP contribution in [0.2, 0.25) is 0 Å². The van der Waals surface area contributed by atoms with Crippen molar-refractivity contribution in [3.05, 3.63) is 28.2 Å². The Balaban J connectivity index is 2.68. The third-order valence-electron chi connectivity index (χ3n) is 3.18. The number of amides is 2. The summed E-state index contributed by atoms with van der Waals surface area (Å²) < 4.78 is 0. The fourth-order valence-corrected chi connectivity index (χ4v) is 2.10. The van der Waals surface area contributed by atoms with E-state index in [1.807, 2.05) is 38.1 Å². The smallest absolute Gasteiger partial charge is 0.314 e. The van der Waals surface area contributed by atoms with Crippen LogP contribution in [-0.2, 0) is 13.0 Å². The number of anilines is 1. The van der Waals surface area contributed by atoms with Crippen molar-refractivity contribution in [1.82, 2.24) is 15.5 Å². The van der Waals surface area contributed by atoms with E-state index < -0.39 is 0 Å². The van der Waals surface area contributed by atoms with E-state index in [0.717, 1.165) is 17.5 Å². The number of nitrogen functional groups attached to an aromatic ring is 1. The van der Waals surface area contributed by atoms with Crippen LogP contribution < -0.4 is 16.4 Å². The molecule has 0 atom stereocenters. The molecular weight excluding hydrogens is 282 g/mol. The second-order valence-corrected chi connectivity index (χ2v) is 5.41. The monoisotopic (exact) mass is 307 g/mol. The maximum atomic E-state index is 11.4. The lowest BCUT2D eigenvalue weighted by Gasteiger charge is -2.15. The summed E-state index contributed by atoms with van der Waals surface area (Å²) in [5.74, 6) is 0. The fourth-order valence-electron chi connectivity index (χ4n) is 2.10. The highest BCUT2D eigenvalue weighted by atomic mass is 16.3. The van der Waals surface area contributed by atoms with Gasteiger partial charge in [0.15, 0.2) is 0 Å². The number of nitrogens with zero attached hydrogens (tertiary/aromatic N) is 2. The van der Waals surface area contributed by atoms with Crippen molar-refractivity contribution in [2.24, 2.45) is 5.18 Å². The number of hydrogen-bond acceptors (Lipinski definition) is 5. The standard InChI is InChI=1S/C15H25N5O2/c1-4-8-17-15(21)18-9-7-11-5-6-12(10-20(2)3)14(19-22)13(11)16/h5-6H,4,7-10,16H2,1-3H3,(H2,17,18,21). The average Bonchev–Trinajstić information content (AvgIpc) is 2.47. The van der Waals surface area contributed by atoms with Gasteiger partial charge in [0.1, 0.15) is 5.69 Å². The highest BCUT2D eigenvalue weighted by molar-refractivity contribution is 5.74. The van der Waals surface area contributed by atoms with E-state index >= 15 is 0 Å². The molecule has 122 valence electrons. The number of nitroso groups, excluding NO2 is 1. The molecule has 0 saturated carbocycles. The van der Waals surface area contributed by atoms with E-state index in [-0.39, 0.29) is 6.03 Å². The predicted molar refractivity (Wildman–Crippen MR) is 89.1 cm³/mol. The molecule has 4 N–H and O–H groups in total. The topological polar surface area (TPSA) is 99.8 Å². The largest absolute Gasteiger partial charge is 0.397 e. The summed E-state index contributed by atoms with van der Waals surface area (Å²) in [6.45, 7) is 3.69. The van der Waals surface area contributed by atoms with Crippen LogP contribution >= 0.6 is 0 Å². The predicted octanol–water partition coefficient (Wildman–Crippen LogP) is 1.98. The molecule has 1 rings (SSSR count). The molecule has 0 spiro atoms. The van der Waals surface area contributed by atoms with Gasteiger partial charge in [-0.25, -0.2) is 4.79 Å². The third-order valence-corrected chi connectivity index (χ3v) is 3.18. The highest BCUT2D eigenvalue weighted by Gasteiger charge is 2.12. The van der Waals surface area contributed by atoms with Crippen molar-refractivity contribution >= 4 is 17.4 Å². The van der Waals surface area contributed by atoms with Gasteiger partial charge >= 0.3 is 6.03 Å². The Hall–Kier alpha value is -2.15. The summed E-state index contributed by atoms with van der Waals surface area (Å²) in [5.41, 5.74) is 8.33. The summed E-state index contributed by atoms with van der Waals surface area (Å²) in [4.78, 5) is 24.4. The van der Waals surface area contributed by atoms with E-state index in [2.05, 4.69) is 15.8 Å². The second-order valence-electron chi connectivity index (χ2n) is 5.41. The van der Waals surface area contributed by atoms with Gasteiger partial charge in [0, 0.05) is 19.6 Å². The van der Waals surface area contributed by atoms with Gasteiger partial charge in [0.25, 0.3) is 0 Å². The van der Waals surface area contributed by atoms with Gasteiger partial charge in [-0.15, -0.1) is 4.91 Å². The van der Waals surface area contributed by atoms with Gasteiger partial charge in [0.2, 0.25) is 0 Å². The quantitative estimate of drug-likeness (QED) is 0.505. The molecule has 22 heavy (non-hydrogen) atoms. The van der Waals surface area contributed by atoms with Gasteiger partial charge in [0.05, 0.1) is 5.69 Å². The minimum absolute atomic E-state index is 0.196. The molecule has 0 fully saturated rings. The first-order chi connectivity index (χ1) is 10.5. The summed E-state index contributed by atoms with van der Waals surface area (Å²) in [6.07, 6.45) is 1.44. The minimum Gasteiger partial charge on any atom is -0.397 e. The van der Waals surface area contributed by atoms with Crippen molar-refractivity contribution in [2.75, 3.05) is 32.9 Å². The van der Waals surface area contributed by atoms with Gasteiger partial charge in [-0.05, 0) is 43.2 Å². The van der Waals surface area contributed by atoms with E-state index in [0.29, 0.717) is 37.4 Å². The number of rotatable bonds is 8. The summed E-state index contributed by atoms with van der Waals surface area (Å²) in [5, 5.41) is 8.55. The van der Waals surface area contributed by atoms with Crippen molar-refractivity contribution in [1.29, 1.82) is 0 Å². The Morgan fingerprint density at radius 2 is 1.86 bits per heavy atom. The molecule has 1 aromatic rings. The average molecular weight is 307 g/mol. The lowest BCUT2D eigenvalue weighted by atomic mass is 10.0. The van der Waals surface area contributed by atoms with Crippen molar-refractivity contribution < 1.29 is 4.79 Å². The normalized spacial score (nSPS) is 10.5. The van der Waals surface area contributed by atoms with E-state index in [4.69, 9.17) is 5.73 Å². The van der Waals surface area contributed by atoms with Crippen molar-refractivity contribution in [3.63, 3.8) is 0 Å². The first-order valence-corrected chi connectivity index (χ1v) is 7.39. The van der Waals surface area contributed by atoms with Crippen molar-refractivity contribution in [3.8, 4) is 0 Å². The molecule has 0 aliphatic heterocycles. The van der Waals surface area contributed by atoms with E-state index in [1.165, 1.54) is 0 Å². The Morgan fingerprint density at radius 1 is 1.23 bits per heavy atom. The lowest BCUT2D eigenvalue weighted by molar-refractivity contribution is 0.241. The molecule has 0 bridgehead atoms. The fraction of sp³-hybridized carbons (Fsp3) is 0.533. The van der Waals surface area contributed by atoms with E-state index in [1.54, 1.807) is 0 Å². The number of urea groups is 1. The van der Waals surface area contributed by atoms with Crippen LogP contribution in [0.3, 0.4) is 0 Å². The summed E-state index contributed by atoms with van der Waals surface area (Å²) in [6, 6.07) is 3.55. The summed E-state index contributed by atoms with van der Waals surface area (Å²) >= 11 is 0. The molecule has 0 radical (unpaired) electrons. The molecule has 7 heteroatoms. The van der Waals surface area contributed by atoms with Crippen LogP contribution in [0.25, 0.3) is 0 Å². The number of benzene rings is 1. The minimum atomic E-state index is -0.196. The number of hydrogen-bond donors (Lipinski definition) is 3. The van der Waals surface area contributed by atoms with Crippen LogP contribution in [0.1, 0.15) is 24.5 Å². The molecule has 0 aliphatic carbocycles. The third kappa shape index (κ3) is 5.33. The molecule has 0 heterocycles. The SMILES string of the molecule is CCCNC(=O)NCCc1ccc(CN(C)C)c(N=O)c1N. The molecule has 0 aromatic heterocycles. The Bertz CT molecular complexity index is 517. The molecule has 0 aliphatic rings. The molecule has 0 unspecified atom stereocenters. The second kappa shape index (κ2) is 8.99. The van der Waals surface area contributed by atoms with E-state index in [9.17, 15) is 9.70 Å². The molecule has 0 saturated heterocycles. The maximum absolute atomic E-state index is 11.4. The molecule has 2 amide bonds. The van der Waals surface area contributed by atoms with Gasteiger partial charge in [-0.2, -0.15) is 0 Å².